The molecule has 21 heavy (non-hydrogen) atoms. The highest BCUT2D eigenvalue weighted by atomic mass is 16.4. The summed E-state index contributed by atoms with van der Waals surface area (Å²) in [5, 5.41) is 8.93. The number of carbonyl (C=O) groups is 1. The molecule has 2 fully saturated rings. The van der Waals surface area contributed by atoms with Gasteiger partial charge in [-0.15, -0.1) is 0 Å². The van der Waals surface area contributed by atoms with Crippen LogP contribution in [0.25, 0.3) is 0 Å². The Morgan fingerprint density at radius 3 is 2.43 bits per heavy atom. The van der Waals surface area contributed by atoms with Crippen LogP contribution in [0.1, 0.15) is 57.8 Å². The van der Waals surface area contributed by atoms with Crippen LogP contribution in [-0.4, -0.2) is 60.1 Å². The minimum Gasteiger partial charge on any atom is -0.480 e. The Kier molecular flexibility index (Phi) is 6.97. The number of aliphatic carboxylic acids is 1. The third-order valence-electron chi connectivity index (χ3n) is 5.29. The molecule has 1 unspecified atom stereocenters. The highest BCUT2D eigenvalue weighted by Gasteiger charge is 2.23. The van der Waals surface area contributed by atoms with E-state index in [1.165, 1.54) is 58.0 Å². The van der Waals surface area contributed by atoms with Crippen molar-refractivity contribution in [2.24, 2.45) is 5.92 Å². The van der Waals surface area contributed by atoms with Crippen LogP contribution in [0.4, 0.5) is 0 Å². The summed E-state index contributed by atoms with van der Waals surface area (Å²) < 4.78 is 0. The van der Waals surface area contributed by atoms with Gasteiger partial charge in [0.1, 0.15) is 0 Å². The SMILES string of the molecule is CN(CC(=O)O)C1CCCN(CC2CCCCCC2)CC1. The van der Waals surface area contributed by atoms with Crippen LogP contribution in [0.5, 0.6) is 0 Å². The maximum Gasteiger partial charge on any atom is 0.317 e. The van der Waals surface area contributed by atoms with E-state index in [9.17, 15) is 4.79 Å². The Morgan fingerprint density at radius 2 is 1.76 bits per heavy atom. The number of hydrogen-bond acceptors (Lipinski definition) is 3. The molecule has 1 aliphatic carbocycles. The maximum absolute atomic E-state index is 10.8. The van der Waals surface area contributed by atoms with Crippen LogP contribution in [0.3, 0.4) is 0 Å². The molecule has 0 spiro atoms. The molecule has 4 nitrogen and oxygen atoms in total. The molecule has 1 saturated heterocycles. The van der Waals surface area contributed by atoms with Crippen molar-refractivity contribution in [2.75, 3.05) is 33.2 Å². The van der Waals surface area contributed by atoms with Crippen LogP contribution in [0.2, 0.25) is 0 Å². The summed E-state index contributed by atoms with van der Waals surface area (Å²) in [5.74, 6) is 0.192. The standard InChI is InChI=1S/C17H32N2O2/c1-18(14-17(20)21)16-9-6-11-19(12-10-16)13-15-7-4-2-3-5-8-15/h15-16H,2-14H2,1H3,(H,20,21). The zero-order valence-corrected chi connectivity index (χ0v) is 13.6. The molecule has 4 heteroatoms. The summed E-state index contributed by atoms with van der Waals surface area (Å²) in [6.07, 6.45) is 12.0. The third-order valence-corrected chi connectivity index (χ3v) is 5.29. The van der Waals surface area contributed by atoms with Crippen LogP contribution in [0, 0.1) is 5.92 Å². The van der Waals surface area contributed by atoms with Crippen molar-refractivity contribution in [2.45, 2.75) is 63.8 Å². The Morgan fingerprint density at radius 1 is 1.05 bits per heavy atom. The quantitative estimate of drug-likeness (QED) is 0.792. The average Bonchev–Trinajstić information content (AvgIpc) is 2.81. The van der Waals surface area contributed by atoms with Gasteiger partial charge in [-0.3, -0.25) is 9.69 Å². The number of nitrogens with zero attached hydrogens (tertiary/aromatic N) is 2. The van der Waals surface area contributed by atoms with Gasteiger partial charge < -0.3 is 10.0 Å². The topological polar surface area (TPSA) is 43.8 Å². The first kappa shape index (κ1) is 16.8. The molecule has 1 atom stereocenters. The largest absolute Gasteiger partial charge is 0.480 e. The maximum atomic E-state index is 10.8. The second-order valence-corrected chi connectivity index (χ2v) is 7.05. The van der Waals surface area contributed by atoms with Gasteiger partial charge in [0.15, 0.2) is 0 Å². The second-order valence-electron chi connectivity index (χ2n) is 7.05. The second kappa shape index (κ2) is 8.74. The number of likely N-dealkylation sites (tertiary alicyclic amines) is 1. The molecule has 0 aromatic carbocycles. The molecule has 1 saturated carbocycles. The highest BCUT2D eigenvalue weighted by Crippen LogP contribution is 2.25. The lowest BCUT2D eigenvalue weighted by molar-refractivity contribution is -0.138. The van der Waals surface area contributed by atoms with Gasteiger partial charge in [0, 0.05) is 12.6 Å². The molecule has 2 aliphatic rings. The number of likely N-dealkylation sites (N-methyl/N-ethyl adjacent to an activating group) is 1. The summed E-state index contributed by atoms with van der Waals surface area (Å²) in [7, 11) is 1.96. The van der Waals surface area contributed by atoms with E-state index in [2.05, 4.69) is 4.90 Å². The normalized spacial score (nSPS) is 26.5. The van der Waals surface area contributed by atoms with Crippen molar-refractivity contribution in [3.8, 4) is 0 Å². The van der Waals surface area contributed by atoms with Crippen LogP contribution >= 0.6 is 0 Å². The van der Waals surface area contributed by atoms with Gasteiger partial charge >= 0.3 is 5.97 Å². The van der Waals surface area contributed by atoms with E-state index in [1.807, 2.05) is 11.9 Å². The van der Waals surface area contributed by atoms with Crippen LogP contribution in [-0.2, 0) is 4.79 Å². The Bertz CT molecular complexity index is 314. The van der Waals surface area contributed by atoms with Crippen molar-refractivity contribution in [1.29, 1.82) is 0 Å². The predicted molar refractivity (Wildman–Crippen MR) is 85.5 cm³/mol. The predicted octanol–water partition coefficient (Wildman–Crippen LogP) is 2.83. The van der Waals surface area contributed by atoms with Gasteiger partial charge in [-0.25, -0.2) is 0 Å². The molecule has 1 N–H and O–H groups in total. The van der Waals surface area contributed by atoms with Gasteiger partial charge in [-0.2, -0.15) is 0 Å². The highest BCUT2D eigenvalue weighted by molar-refractivity contribution is 5.69. The summed E-state index contributed by atoms with van der Waals surface area (Å²) >= 11 is 0. The summed E-state index contributed by atoms with van der Waals surface area (Å²) in [4.78, 5) is 15.5. The van der Waals surface area contributed by atoms with E-state index in [-0.39, 0.29) is 6.54 Å². The lowest BCUT2D eigenvalue weighted by Gasteiger charge is -2.27. The summed E-state index contributed by atoms with van der Waals surface area (Å²) in [6.45, 7) is 3.79. The average molecular weight is 296 g/mol. The summed E-state index contributed by atoms with van der Waals surface area (Å²) in [5.41, 5.74) is 0. The molecule has 0 amide bonds. The van der Waals surface area contributed by atoms with Gasteiger partial charge in [-0.05, 0) is 58.2 Å². The van der Waals surface area contributed by atoms with Crippen LogP contribution < -0.4 is 0 Å². The first-order chi connectivity index (χ1) is 10.1. The minimum absolute atomic E-state index is 0.174. The van der Waals surface area contributed by atoms with Crippen molar-refractivity contribution < 1.29 is 9.90 Å². The van der Waals surface area contributed by atoms with Gasteiger partial charge in [0.25, 0.3) is 0 Å². The molecule has 0 radical (unpaired) electrons. The number of rotatable bonds is 5. The van der Waals surface area contributed by atoms with E-state index in [0.29, 0.717) is 6.04 Å². The van der Waals surface area contributed by atoms with Crippen molar-refractivity contribution in [3.05, 3.63) is 0 Å². The fraction of sp³-hybridized carbons (Fsp3) is 0.941. The first-order valence-corrected chi connectivity index (χ1v) is 8.79. The molecule has 122 valence electrons. The minimum atomic E-state index is -0.711. The first-order valence-electron chi connectivity index (χ1n) is 8.79. The van der Waals surface area contributed by atoms with Crippen molar-refractivity contribution in [1.82, 2.24) is 9.80 Å². The zero-order chi connectivity index (χ0) is 15.1. The zero-order valence-electron chi connectivity index (χ0n) is 13.6. The van der Waals surface area contributed by atoms with E-state index in [4.69, 9.17) is 5.11 Å². The smallest absolute Gasteiger partial charge is 0.317 e. The third kappa shape index (κ3) is 5.95. The van der Waals surface area contributed by atoms with Crippen molar-refractivity contribution >= 4 is 5.97 Å². The Hall–Kier alpha value is -0.610. The Balaban J connectivity index is 1.76. The molecule has 1 heterocycles. The lowest BCUT2D eigenvalue weighted by atomic mass is 9.99. The summed E-state index contributed by atoms with van der Waals surface area (Å²) in [6, 6.07) is 0.445. The molecule has 0 bridgehead atoms. The molecule has 0 aromatic heterocycles. The fourth-order valence-corrected chi connectivity index (χ4v) is 4.02. The molecule has 1 aliphatic heterocycles. The Labute approximate surface area is 129 Å². The van der Waals surface area contributed by atoms with E-state index < -0.39 is 5.97 Å². The fourth-order valence-electron chi connectivity index (χ4n) is 4.02. The van der Waals surface area contributed by atoms with Crippen molar-refractivity contribution in [3.63, 3.8) is 0 Å². The molecule has 2 rings (SSSR count). The van der Waals surface area contributed by atoms with Crippen LogP contribution in [0.15, 0.2) is 0 Å². The number of hydrogen-bond donors (Lipinski definition) is 1. The van der Waals surface area contributed by atoms with Gasteiger partial charge in [-0.1, -0.05) is 25.7 Å². The molecular weight excluding hydrogens is 264 g/mol. The van der Waals surface area contributed by atoms with E-state index in [1.54, 1.807) is 0 Å². The van der Waals surface area contributed by atoms with E-state index >= 15 is 0 Å². The monoisotopic (exact) mass is 296 g/mol. The number of carboxylic acids is 1. The van der Waals surface area contributed by atoms with E-state index in [0.717, 1.165) is 25.3 Å². The molecular formula is C17H32N2O2. The number of carboxylic acid groups (broad SMARTS) is 1. The van der Waals surface area contributed by atoms with Gasteiger partial charge in [0.2, 0.25) is 0 Å². The molecule has 0 aromatic rings. The lowest BCUT2D eigenvalue weighted by Crippen LogP contribution is -2.37. The van der Waals surface area contributed by atoms with Gasteiger partial charge in [0.05, 0.1) is 6.54 Å².